The third-order valence-corrected chi connectivity index (χ3v) is 5.09. The molecule has 0 aromatic heterocycles. The van der Waals surface area contributed by atoms with Crippen LogP contribution >= 0.6 is 0 Å². The second-order valence-electron chi connectivity index (χ2n) is 7.74. The summed E-state index contributed by atoms with van der Waals surface area (Å²) in [5.41, 5.74) is 6.02. The molecule has 4 nitrogen and oxygen atoms in total. The Labute approximate surface area is 190 Å². The van der Waals surface area contributed by atoms with E-state index in [9.17, 15) is 9.59 Å². The fourth-order valence-electron chi connectivity index (χ4n) is 3.38. The first-order chi connectivity index (χ1) is 13.6. The van der Waals surface area contributed by atoms with Crippen molar-refractivity contribution in [1.82, 2.24) is 0 Å². The zero-order valence-electron chi connectivity index (χ0n) is 18.7. The van der Waals surface area contributed by atoms with Gasteiger partial charge < -0.3 is 15.8 Å². The van der Waals surface area contributed by atoms with Gasteiger partial charge in [-0.25, -0.2) is 0 Å². The van der Waals surface area contributed by atoms with Crippen LogP contribution < -0.4 is 29.9 Å². The van der Waals surface area contributed by atoms with Crippen LogP contribution in [0.5, 0.6) is 0 Å². The minimum absolute atomic E-state index is 0. The molecule has 0 bridgehead atoms. The predicted octanol–water partition coefficient (Wildman–Crippen LogP) is 3.40. The molecule has 0 aliphatic heterocycles. The van der Waals surface area contributed by atoms with Crippen LogP contribution in [0.1, 0.15) is 114 Å². The van der Waals surface area contributed by atoms with E-state index in [1.54, 1.807) is 18.2 Å². The molecule has 3 N–H and O–H groups in total. The summed E-state index contributed by atoms with van der Waals surface area (Å²) in [7, 11) is 0. The van der Waals surface area contributed by atoms with E-state index in [-0.39, 0.29) is 30.3 Å². The number of amides is 2. The van der Waals surface area contributed by atoms with Crippen molar-refractivity contribution in [2.75, 3.05) is 5.32 Å². The summed E-state index contributed by atoms with van der Waals surface area (Å²) in [6.45, 7) is 2.26. The summed E-state index contributed by atoms with van der Waals surface area (Å²) in [6.07, 6.45) is 18.8. The van der Waals surface area contributed by atoms with Crippen molar-refractivity contribution in [3.63, 3.8) is 0 Å². The van der Waals surface area contributed by atoms with Crippen LogP contribution in [0.4, 0.5) is 5.69 Å². The second-order valence-corrected chi connectivity index (χ2v) is 7.74. The number of unbranched alkanes of at least 4 members (excludes halogenated alkanes) is 13. The summed E-state index contributed by atoms with van der Waals surface area (Å²) < 4.78 is 0. The van der Waals surface area contributed by atoms with E-state index in [1.807, 2.05) is 0 Å². The molecule has 0 atom stereocenters. The fraction of sp³-hybridized carbons (Fsp3) is 0.667. The third kappa shape index (κ3) is 15.3. The maximum absolute atomic E-state index is 12.0. The molecular weight excluding hydrogens is 355 g/mol. The van der Waals surface area contributed by atoms with Crippen molar-refractivity contribution < 1.29 is 28.4 Å². The SMILES string of the molecule is CCCCCCCCCCCCCCCCC(=O)Nc1[c-]c(C(N)=O)ccc1.[Li+]. The summed E-state index contributed by atoms with van der Waals surface area (Å²) in [6, 6.07) is 7.82. The molecule has 0 unspecified atom stereocenters. The van der Waals surface area contributed by atoms with Crippen LogP contribution in [0.3, 0.4) is 0 Å². The van der Waals surface area contributed by atoms with Crippen LogP contribution in [-0.4, -0.2) is 11.8 Å². The van der Waals surface area contributed by atoms with Gasteiger partial charge in [-0.2, -0.15) is 0 Å². The summed E-state index contributed by atoms with van der Waals surface area (Å²) >= 11 is 0. The van der Waals surface area contributed by atoms with Crippen molar-refractivity contribution >= 4 is 17.5 Å². The number of rotatable bonds is 17. The zero-order chi connectivity index (χ0) is 20.5. The van der Waals surface area contributed by atoms with Crippen molar-refractivity contribution in [3.05, 3.63) is 29.8 Å². The van der Waals surface area contributed by atoms with Crippen LogP contribution in [0.25, 0.3) is 0 Å². The number of hydrogen-bond acceptors (Lipinski definition) is 2. The molecule has 29 heavy (non-hydrogen) atoms. The zero-order valence-corrected chi connectivity index (χ0v) is 18.7. The largest absolute Gasteiger partial charge is 1.00 e. The Morgan fingerprint density at radius 1 is 0.828 bits per heavy atom. The molecule has 5 heteroatoms. The van der Waals surface area contributed by atoms with Gasteiger partial charge in [-0.15, -0.1) is 24.3 Å². The third-order valence-electron chi connectivity index (χ3n) is 5.09. The molecule has 1 aromatic carbocycles. The average Bonchev–Trinajstić information content (AvgIpc) is 2.68. The number of carbonyl (C=O) groups excluding carboxylic acids is 2. The normalized spacial score (nSPS) is 10.4. The van der Waals surface area contributed by atoms with E-state index in [4.69, 9.17) is 5.73 Å². The minimum atomic E-state index is -0.539. The van der Waals surface area contributed by atoms with E-state index >= 15 is 0 Å². The number of primary amides is 1. The van der Waals surface area contributed by atoms with Crippen molar-refractivity contribution in [2.24, 2.45) is 5.73 Å². The number of nitrogens with one attached hydrogen (secondary N) is 1. The average molecular weight is 395 g/mol. The van der Waals surface area contributed by atoms with Gasteiger partial charge in [-0.05, 0) is 12.1 Å². The molecule has 0 saturated heterocycles. The first-order valence-electron chi connectivity index (χ1n) is 11.3. The molecule has 2 amide bonds. The number of hydrogen-bond donors (Lipinski definition) is 2. The standard InChI is InChI=1S/C24H39N2O2.Li/c1-2-3-4-5-6-7-8-9-10-11-12-13-14-15-19-23(27)26-22-18-16-17-21(20-22)24(25)28;/h16-18H,2-15,19H2,1H3,(H2,25,28)(H,26,27);/q-1;+1. The van der Waals surface area contributed by atoms with Crippen LogP contribution in [0, 0.1) is 6.07 Å². The first-order valence-corrected chi connectivity index (χ1v) is 11.3. The van der Waals surface area contributed by atoms with E-state index in [0.717, 1.165) is 12.8 Å². The fourth-order valence-corrected chi connectivity index (χ4v) is 3.38. The Morgan fingerprint density at radius 2 is 1.31 bits per heavy atom. The quantitative estimate of drug-likeness (QED) is 0.241. The Kier molecular flexibility index (Phi) is 18.0. The van der Waals surface area contributed by atoms with Crippen LogP contribution in [-0.2, 0) is 4.79 Å². The monoisotopic (exact) mass is 394 g/mol. The van der Waals surface area contributed by atoms with E-state index in [1.165, 1.54) is 77.0 Å². The van der Waals surface area contributed by atoms with E-state index < -0.39 is 5.91 Å². The van der Waals surface area contributed by atoms with Gasteiger partial charge in [0.15, 0.2) is 5.91 Å². The van der Waals surface area contributed by atoms with Crippen LogP contribution in [0.15, 0.2) is 18.2 Å². The van der Waals surface area contributed by atoms with Gasteiger partial charge >= 0.3 is 18.9 Å². The Hall–Kier alpha value is -1.24. The van der Waals surface area contributed by atoms with E-state index in [2.05, 4.69) is 18.3 Å². The Bertz CT molecular complexity index is 564. The molecule has 1 rings (SSSR count). The minimum Gasteiger partial charge on any atom is -0.404 e. The van der Waals surface area contributed by atoms with Gasteiger partial charge in [-0.3, -0.25) is 4.79 Å². The van der Waals surface area contributed by atoms with Crippen molar-refractivity contribution in [2.45, 2.75) is 103 Å². The van der Waals surface area contributed by atoms with Crippen LogP contribution in [0.2, 0.25) is 0 Å². The smallest absolute Gasteiger partial charge is 0.404 e. The topological polar surface area (TPSA) is 72.2 Å². The van der Waals surface area contributed by atoms with E-state index in [0.29, 0.717) is 12.1 Å². The second kappa shape index (κ2) is 18.8. The summed E-state index contributed by atoms with van der Waals surface area (Å²) in [5, 5.41) is 2.78. The molecular formula is C24H39LiN2O2. The van der Waals surface area contributed by atoms with Gasteiger partial charge in [0.2, 0.25) is 5.91 Å². The van der Waals surface area contributed by atoms with Gasteiger partial charge in [0.05, 0.1) is 0 Å². The van der Waals surface area contributed by atoms with Gasteiger partial charge in [0.1, 0.15) is 0 Å². The van der Waals surface area contributed by atoms with Crippen molar-refractivity contribution in [1.29, 1.82) is 0 Å². The number of nitrogens with two attached hydrogens (primary N) is 1. The van der Waals surface area contributed by atoms with Gasteiger partial charge in [-0.1, -0.05) is 96.0 Å². The number of anilines is 1. The molecule has 0 aliphatic rings. The Balaban J connectivity index is 0.00000784. The molecule has 1 aromatic rings. The molecule has 0 saturated carbocycles. The molecule has 0 spiro atoms. The predicted molar refractivity (Wildman–Crippen MR) is 117 cm³/mol. The maximum atomic E-state index is 12.0. The molecule has 0 aliphatic carbocycles. The van der Waals surface area contributed by atoms with Gasteiger partial charge in [0, 0.05) is 6.42 Å². The number of carbonyl (C=O) groups is 2. The number of benzene rings is 1. The summed E-state index contributed by atoms with van der Waals surface area (Å²) in [5.74, 6) is -0.570. The summed E-state index contributed by atoms with van der Waals surface area (Å²) in [4.78, 5) is 23.1. The molecule has 158 valence electrons. The maximum Gasteiger partial charge on any atom is 1.00 e. The first kappa shape index (κ1) is 27.8. The van der Waals surface area contributed by atoms with Gasteiger partial charge in [0.25, 0.3) is 0 Å². The van der Waals surface area contributed by atoms with Crippen molar-refractivity contribution in [3.8, 4) is 0 Å². The Morgan fingerprint density at radius 3 is 1.79 bits per heavy atom. The molecule has 0 fully saturated rings. The molecule has 0 heterocycles. The molecule has 0 radical (unpaired) electrons.